The zero-order valence-electron chi connectivity index (χ0n) is 7.04. The smallest absolute Gasteiger partial charge is 0.0700 e. The van der Waals surface area contributed by atoms with E-state index < -0.39 is 0 Å². The minimum atomic E-state index is 0.687. The molecule has 0 unspecified atom stereocenters. The third-order valence-corrected chi connectivity index (χ3v) is 1.97. The maximum atomic E-state index is 5.24. The molecule has 0 aliphatic carbocycles. The third kappa shape index (κ3) is 10.0. The van der Waals surface area contributed by atoms with Crippen molar-refractivity contribution in [2.75, 3.05) is 38.4 Å². The highest BCUT2D eigenvalue weighted by Gasteiger charge is 1.87. The number of rotatable bonds is 8. The lowest BCUT2D eigenvalue weighted by Crippen LogP contribution is -2.04. The summed E-state index contributed by atoms with van der Waals surface area (Å²) < 4.78 is 10.1. The summed E-state index contributed by atoms with van der Waals surface area (Å²) in [4.78, 5) is 0. The molecule has 0 N–H and O–H groups in total. The predicted octanol–water partition coefficient (Wildman–Crippen LogP) is 1.57. The van der Waals surface area contributed by atoms with E-state index >= 15 is 0 Å². The van der Waals surface area contributed by atoms with Crippen molar-refractivity contribution in [3.63, 3.8) is 0 Å². The third-order valence-electron chi connectivity index (χ3n) is 1.04. The predicted molar refractivity (Wildman–Crippen MR) is 50.2 cm³/mol. The van der Waals surface area contributed by atoms with Gasteiger partial charge in [-0.15, -0.1) is 6.58 Å². The maximum Gasteiger partial charge on any atom is 0.0700 e. The monoisotopic (exact) mass is 176 g/mol. The molecule has 0 saturated heterocycles. The van der Waals surface area contributed by atoms with Gasteiger partial charge in [-0.05, 0) is 0 Å². The molecule has 0 amide bonds. The average molecular weight is 176 g/mol. The van der Waals surface area contributed by atoms with Crippen LogP contribution < -0.4 is 0 Å². The van der Waals surface area contributed by atoms with Crippen LogP contribution in [0.3, 0.4) is 0 Å². The lowest BCUT2D eigenvalue weighted by Gasteiger charge is -2.01. The lowest BCUT2D eigenvalue weighted by atomic mass is 10.7. The molecule has 0 aliphatic rings. The quantitative estimate of drug-likeness (QED) is 0.413. The van der Waals surface area contributed by atoms with Crippen molar-refractivity contribution in [2.45, 2.75) is 0 Å². The highest BCUT2D eigenvalue weighted by Crippen LogP contribution is 1.98. The fraction of sp³-hybridized carbons (Fsp3) is 0.750. The van der Waals surface area contributed by atoms with Gasteiger partial charge in [0.25, 0.3) is 0 Å². The lowest BCUT2D eigenvalue weighted by molar-refractivity contribution is 0.0790. The largest absolute Gasteiger partial charge is 0.382 e. The van der Waals surface area contributed by atoms with Gasteiger partial charge in [0, 0.05) is 18.6 Å². The van der Waals surface area contributed by atoms with E-state index in [0.717, 1.165) is 18.1 Å². The van der Waals surface area contributed by atoms with Gasteiger partial charge in [0.05, 0.1) is 19.8 Å². The van der Waals surface area contributed by atoms with E-state index in [9.17, 15) is 0 Å². The maximum absolute atomic E-state index is 5.24. The Bertz CT molecular complexity index is 86.2. The summed E-state index contributed by atoms with van der Waals surface area (Å²) in [5.41, 5.74) is 0. The first-order chi connectivity index (χ1) is 5.41. The molecule has 0 aromatic heterocycles. The van der Waals surface area contributed by atoms with E-state index in [0.29, 0.717) is 13.2 Å². The van der Waals surface area contributed by atoms with Crippen molar-refractivity contribution in [1.29, 1.82) is 0 Å². The van der Waals surface area contributed by atoms with Crippen LogP contribution in [-0.4, -0.2) is 38.4 Å². The van der Waals surface area contributed by atoms with Crippen molar-refractivity contribution in [3.05, 3.63) is 12.7 Å². The average Bonchev–Trinajstić information content (AvgIpc) is 2.03. The molecule has 3 heteroatoms. The van der Waals surface area contributed by atoms with Crippen LogP contribution in [-0.2, 0) is 9.47 Å². The minimum absolute atomic E-state index is 0.687. The molecule has 66 valence electrons. The fourth-order valence-electron chi connectivity index (χ4n) is 0.529. The van der Waals surface area contributed by atoms with Gasteiger partial charge in [0.1, 0.15) is 0 Å². The minimum Gasteiger partial charge on any atom is -0.382 e. The first-order valence-corrected chi connectivity index (χ1v) is 4.82. The summed E-state index contributed by atoms with van der Waals surface area (Å²) in [7, 11) is 1.68. The van der Waals surface area contributed by atoms with Gasteiger partial charge >= 0.3 is 0 Å². The summed E-state index contributed by atoms with van der Waals surface area (Å²) in [5.74, 6) is 2.05. The molecule has 2 nitrogen and oxygen atoms in total. The second-order valence-corrected chi connectivity index (χ2v) is 3.12. The van der Waals surface area contributed by atoms with Gasteiger partial charge in [-0.25, -0.2) is 0 Å². The van der Waals surface area contributed by atoms with Crippen molar-refractivity contribution in [3.8, 4) is 0 Å². The topological polar surface area (TPSA) is 18.5 Å². The first-order valence-electron chi connectivity index (χ1n) is 3.67. The van der Waals surface area contributed by atoms with E-state index in [-0.39, 0.29) is 0 Å². The molecule has 0 aromatic rings. The second kappa shape index (κ2) is 10.0. The van der Waals surface area contributed by atoms with Crippen LogP contribution in [0.5, 0.6) is 0 Å². The second-order valence-electron chi connectivity index (χ2n) is 1.97. The van der Waals surface area contributed by atoms with Gasteiger partial charge in [-0.2, -0.15) is 11.8 Å². The molecular formula is C8H16O2S. The van der Waals surface area contributed by atoms with E-state index in [1.54, 1.807) is 7.11 Å². The van der Waals surface area contributed by atoms with Crippen LogP contribution in [0, 0.1) is 0 Å². The Morgan fingerprint density at radius 2 is 2.18 bits per heavy atom. The number of thioether (sulfide) groups is 1. The number of hydrogen-bond donors (Lipinski definition) is 0. The highest BCUT2D eigenvalue weighted by molar-refractivity contribution is 7.99. The zero-order valence-corrected chi connectivity index (χ0v) is 7.86. The van der Waals surface area contributed by atoms with Crippen molar-refractivity contribution in [1.82, 2.24) is 0 Å². The Kier molecular flexibility index (Phi) is 10.0. The fourth-order valence-corrected chi connectivity index (χ4v) is 1.10. The number of ether oxygens (including phenoxy) is 2. The van der Waals surface area contributed by atoms with E-state index in [1.165, 1.54) is 0 Å². The molecule has 0 fully saturated rings. The molecule has 11 heavy (non-hydrogen) atoms. The van der Waals surface area contributed by atoms with Crippen molar-refractivity contribution < 1.29 is 9.47 Å². The number of methoxy groups -OCH3 is 1. The van der Waals surface area contributed by atoms with Gasteiger partial charge in [0.2, 0.25) is 0 Å². The molecule has 0 atom stereocenters. The van der Waals surface area contributed by atoms with Crippen molar-refractivity contribution in [2.24, 2.45) is 0 Å². The van der Waals surface area contributed by atoms with E-state index in [1.807, 2.05) is 17.8 Å². The van der Waals surface area contributed by atoms with Crippen LogP contribution in [0.2, 0.25) is 0 Å². The van der Waals surface area contributed by atoms with E-state index in [4.69, 9.17) is 9.47 Å². The summed E-state index contributed by atoms with van der Waals surface area (Å²) in [5, 5.41) is 0. The summed E-state index contributed by atoms with van der Waals surface area (Å²) >= 11 is 1.83. The van der Waals surface area contributed by atoms with E-state index in [2.05, 4.69) is 6.58 Å². The van der Waals surface area contributed by atoms with Gasteiger partial charge < -0.3 is 9.47 Å². The first kappa shape index (κ1) is 11.0. The van der Waals surface area contributed by atoms with Crippen LogP contribution in [0.1, 0.15) is 0 Å². The molecule has 0 aromatic carbocycles. The Balaban J connectivity index is 2.74. The molecule has 0 rings (SSSR count). The van der Waals surface area contributed by atoms with Crippen LogP contribution in [0.4, 0.5) is 0 Å². The van der Waals surface area contributed by atoms with Gasteiger partial charge in [-0.1, -0.05) is 6.08 Å². The number of hydrogen-bond acceptors (Lipinski definition) is 3. The van der Waals surface area contributed by atoms with Gasteiger partial charge in [0.15, 0.2) is 0 Å². The molecular weight excluding hydrogens is 160 g/mol. The van der Waals surface area contributed by atoms with Crippen LogP contribution >= 0.6 is 11.8 Å². The highest BCUT2D eigenvalue weighted by atomic mass is 32.2. The zero-order chi connectivity index (χ0) is 8.36. The van der Waals surface area contributed by atoms with Crippen LogP contribution in [0.25, 0.3) is 0 Å². The van der Waals surface area contributed by atoms with Crippen molar-refractivity contribution >= 4 is 11.8 Å². The molecule has 0 radical (unpaired) electrons. The summed E-state index contributed by atoms with van der Waals surface area (Å²) in [6.07, 6.45) is 1.90. The Labute approximate surface area is 73.0 Å². The Hall–Kier alpha value is 0.01000. The molecule has 0 bridgehead atoms. The summed E-state index contributed by atoms with van der Waals surface area (Å²) in [6.45, 7) is 5.82. The molecule has 0 heterocycles. The molecule has 0 aliphatic heterocycles. The van der Waals surface area contributed by atoms with Crippen LogP contribution in [0.15, 0.2) is 12.7 Å². The SMILES string of the molecule is C=CCSCCOCCOC. The normalized spacial score (nSPS) is 9.91. The van der Waals surface area contributed by atoms with Gasteiger partial charge in [-0.3, -0.25) is 0 Å². The molecule has 0 spiro atoms. The molecule has 0 saturated carbocycles. The summed E-state index contributed by atoms with van der Waals surface area (Å²) in [6, 6.07) is 0. The Morgan fingerprint density at radius 3 is 2.82 bits per heavy atom. The Morgan fingerprint density at radius 1 is 1.36 bits per heavy atom. The standard InChI is InChI=1S/C8H16O2S/c1-3-7-11-8-6-10-5-4-9-2/h3H,1,4-8H2,2H3.